The summed E-state index contributed by atoms with van der Waals surface area (Å²) in [6.07, 6.45) is 0.996. The Labute approximate surface area is 103 Å². The van der Waals surface area contributed by atoms with Crippen molar-refractivity contribution < 1.29 is 4.74 Å². The molecule has 0 bridgehead atoms. The van der Waals surface area contributed by atoms with Crippen LogP contribution in [0.1, 0.15) is 18.2 Å². The van der Waals surface area contributed by atoms with Crippen molar-refractivity contribution in [2.45, 2.75) is 20.0 Å². The first-order chi connectivity index (χ1) is 7.79. The Balaban J connectivity index is 2.02. The van der Waals surface area contributed by atoms with Crippen LogP contribution in [0, 0.1) is 0 Å². The molecule has 3 nitrogen and oxygen atoms in total. The highest BCUT2D eigenvalue weighted by atomic mass is 35.5. The monoisotopic (exact) mass is 254 g/mol. The highest BCUT2D eigenvalue weighted by Crippen LogP contribution is 2.20. The standard InChI is InChI=1S/C11H11ClN2OS/c1-2-8-4-3-5-9(6-8)15-7-10-11(12)16-14-13-10/h3-6H,2,7H2,1H3. The molecule has 0 aliphatic rings. The van der Waals surface area contributed by atoms with E-state index in [-0.39, 0.29) is 0 Å². The van der Waals surface area contributed by atoms with Crippen LogP contribution >= 0.6 is 23.1 Å². The van der Waals surface area contributed by atoms with Gasteiger partial charge in [0, 0.05) is 11.5 Å². The van der Waals surface area contributed by atoms with E-state index < -0.39 is 0 Å². The fraction of sp³-hybridized carbons (Fsp3) is 0.273. The van der Waals surface area contributed by atoms with E-state index in [9.17, 15) is 0 Å². The summed E-state index contributed by atoms with van der Waals surface area (Å²) in [5.41, 5.74) is 1.94. The maximum Gasteiger partial charge on any atom is 0.141 e. The van der Waals surface area contributed by atoms with Crippen LogP contribution in [-0.2, 0) is 13.0 Å². The van der Waals surface area contributed by atoms with Gasteiger partial charge in [0.15, 0.2) is 0 Å². The zero-order valence-corrected chi connectivity index (χ0v) is 10.4. The molecule has 0 amide bonds. The number of aryl methyl sites for hydroxylation is 1. The number of nitrogens with zero attached hydrogens (tertiary/aromatic N) is 2. The molecule has 1 heterocycles. The second kappa shape index (κ2) is 5.27. The van der Waals surface area contributed by atoms with Gasteiger partial charge in [-0.3, -0.25) is 0 Å². The van der Waals surface area contributed by atoms with E-state index in [1.807, 2.05) is 18.2 Å². The molecular formula is C11H11ClN2OS. The van der Waals surface area contributed by atoms with E-state index in [4.69, 9.17) is 16.3 Å². The van der Waals surface area contributed by atoms with Crippen LogP contribution in [0.3, 0.4) is 0 Å². The molecule has 0 saturated heterocycles. The van der Waals surface area contributed by atoms with Crippen LogP contribution in [0.25, 0.3) is 0 Å². The number of halogens is 1. The fourth-order valence-corrected chi connectivity index (χ4v) is 1.89. The van der Waals surface area contributed by atoms with Crippen molar-refractivity contribution in [3.05, 3.63) is 39.9 Å². The van der Waals surface area contributed by atoms with E-state index in [1.165, 1.54) is 17.1 Å². The minimum absolute atomic E-state index is 0.364. The van der Waals surface area contributed by atoms with Crippen LogP contribution in [0.5, 0.6) is 5.75 Å². The molecule has 0 radical (unpaired) electrons. The molecule has 2 aromatic rings. The normalized spacial score (nSPS) is 10.4. The molecule has 0 spiro atoms. The molecule has 0 fully saturated rings. The van der Waals surface area contributed by atoms with Gasteiger partial charge in [-0.05, 0) is 24.1 Å². The number of hydrogen-bond donors (Lipinski definition) is 0. The van der Waals surface area contributed by atoms with E-state index in [1.54, 1.807) is 0 Å². The van der Waals surface area contributed by atoms with Gasteiger partial charge < -0.3 is 4.74 Å². The van der Waals surface area contributed by atoms with E-state index in [0.29, 0.717) is 16.6 Å². The predicted octanol–water partition coefficient (Wildman–Crippen LogP) is 3.33. The van der Waals surface area contributed by atoms with Gasteiger partial charge in [-0.1, -0.05) is 35.1 Å². The van der Waals surface area contributed by atoms with Crippen LogP contribution in [0.4, 0.5) is 0 Å². The van der Waals surface area contributed by atoms with Gasteiger partial charge in [0.05, 0.1) is 0 Å². The summed E-state index contributed by atoms with van der Waals surface area (Å²) < 4.78 is 9.93. The molecule has 1 aromatic carbocycles. The summed E-state index contributed by atoms with van der Waals surface area (Å²) in [6.45, 7) is 2.48. The van der Waals surface area contributed by atoms with Crippen molar-refractivity contribution in [2.75, 3.05) is 0 Å². The maximum atomic E-state index is 5.88. The number of ether oxygens (including phenoxy) is 1. The van der Waals surface area contributed by atoms with Crippen LogP contribution in [0.2, 0.25) is 4.34 Å². The van der Waals surface area contributed by atoms with Crippen molar-refractivity contribution in [1.29, 1.82) is 0 Å². The summed E-state index contributed by atoms with van der Waals surface area (Å²) in [6, 6.07) is 8.00. The molecule has 0 atom stereocenters. The van der Waals surface area contributed by atoms with E-state index in [2.05, 4.69) is 22.6 Å². The predicted molar refractivity (Wildman–Crippen MR) is 65.1 cm³/mol. The summed E-state index contributed by atoms with van der Waals surface area (Å²) in [7, 11) is 0. The Bertz CT molecular complexity index is 473. The van der Waals surface area contributed by atoms with Crippen molar-refractivity contribution in [3.63, 3.8) is 0 Å². The second-order valence-electron chi connectivity index (χ2n) is 3.28. The summed E-state index contributed by atoms with van der Waals surface area (Å²) >= 11 is 7.05. The van der Waals surface area contributed by atoms with Gasteiger partial charge in [-0.25, -0.2) is 0 Å². The average molecular weight is 255 g/mol. The van der Waals surface area contributed by atoms with Crippen molar-refractivity contribution in [2.24, 2.45) is 0 Å². The highest BCUT2D eigenvalue weighted by Gasteiger charge is 2.05. The third-order valence-corrected chi connectivity index (χ3v) is 3.18. The SMILES string of the molecule is CCc1cccc(OCc2nnsc2Cl)c1. The smallest absolute Gasteiger partial charge is 0.141 e. The van der Waals surface area contributed by atoms with Crippen molar-refractivity contribution in [1.82, 2.24) is 9.59 Å². The molecule has 16 heavy (non-hydrogen) atoms. The Hall–Kier alpha value is -1.13. The lowest BCUT2D eigenvalue weighted by Crippen LogP contribution is -1.97. The third-order valence-electron chi connectivity index (χ3n) is 2.19. The molecule has 84 valence electrons. The lowest BCUT2D eigenvalue weighted by Gasteiger charge is -2.05. The lowest BCUT2D eigenvalue weighted by atomic mass is 10.2. The van der Waals surface area contributed by atoms with Crippen molar-refractivity contribution in [3.8, 4) is 5.75 Å². The Morgan fingerprint density at radius 1 is 1.44 bits per heavy atom. The number of rotatable bonds is 4. The van der Waals surface area contributed by atoms with Gasteiger partial charge >= 0.3 is 0 Å². The van der Waals surface area contributed by atoms with E-state index >= 15 is 0 Å². The first-order valence-corrected chi connectivity index (χ1v) is 6.13. The van der Waals surface area contributed by atoms with Crippen LogP contribution in [0.15, 0.2) is 24.3 Å². The topological polar surface area (TPSA) is 35.0 Å². The number of hydrogen-bond acceptors (Lipinski definition) is 4. The number of benzene rings is 1. The largest absolute Gasteiger partial charge is 0.487 e. The van der Waals surface area contributed by atoms with E-state index in [0.717, 1.165) is 12.2 Å². The average Bonchev–Trinajstić information content (AvgIpc) is 2.72. The molecule has 2 rings (SSSR count). The molecule has 0 saturated carbocycles. The molecule has 0 aliphatic carbocycles. The summed E-state index contributed by atoms with van der Waals surface area (Å²) in [4.78, 5) is 0. The zero-order chi connectivity index (χ0) is 11.4. The molecule has 1 aromatic heterocycles. The molecule has 0 aliphatic heterocycles. The van der Waals surface area contributed by atoms with Gasteiger partial charge in [0.2, 0.25) is 0 Å². The Morgan fingerprint density at radius 2 is 2.31 bits per heavy atom. The Morgan fingerprint density at radius 3 is 3.00 bits per heavy atom. The minimum atomic E-state index is 0.364. The Kier molecular flexibility index (Phi) is 3.74. The first-order valence-electron chi connectivity index (χ1n) is 4.98. The lowest BCUT2D eigenvalue weighted by molar-refractivity contribution is 0.301. The highest BCUT2D eigenvalue weighted by molar-refractivity contribution is 7.10. The molecule has 0 N–H and O–H groups in total. The first kappa shape index (κ1) is 11.4. The third kappa shape index (κ3) is 2.71. The van der Waals surface area contributed by atoms with Crippen molar-refractivity contribution >= 4 is 23.1 Å². The minimum Gasteiger partial charge on any atom is -0.487 e. The molecule has 0 unspecified atom stereocenters. The van der Waals surface area contributed by atoms with Gasteiger partial charge in [-0.2, -0.15) is 0 Å². The van der Waals surface area contributed by atoms with Crippen LogP contribution < -0.4 is 4.74 Å². The zero-order valence-electron chi connectivity index (χ0n) is 8.81. The van der Waals surface area contributed by atoms with Gasteiger partial charge in [0.1, 0.15) is 22.4 Å². The maximum absolute atomic E-state index is 5.88. The van der Waals surface area contributed by atoms with Crippen LogP contribution in [-0.4, -0.2) is 9.59 Å². The summed E-state index contributed by atoms with van der Waals surface area (Å²) in [5, 5.41) is 3.88. The molecular weight excluding hydrogens is 244 g/mol. The van der Waals surface area contributed by atoms with Gasteiger partial charge in [-0.15, -0.1) is 5.10 Å². The second-order valence-corrected chi connectivity index (χ2v) is 4.64. The number of aromatic nitrogens is 2. The molecule has 5 heteroatoms. The summed E-state index contributed by atoms with van der Waals surface area (Å²) in [5.74, 6) is 0.836. The fourth-order valence-electron chi connectivity index (χ4n) is 1.29. The quantitative estimate of drug-likeness (QED) is 0.840. The van der Waals surface area contributed by atoms with Gasteiger partial charge in [0.25, 0.3) is 0 Å².